The monoisotopic (exact) mass is 441 g/mol. The number of hydrogen-bond donors (Lipinski definition) is 0. The van der Waals surface area contributed by atoms with E-state index in [9.17, 15) is 8.42 Å². The van der Waals surface area contributed by atoms with Crippen molar-refractivity contribution in [1.29, 1.82) is 0 Å². The molecule has 30 heavy (non-hydrogen) atoms. The van der Waals surface area contributed by atoms with Crippen LogP contribution in [0.2, 0.25) is 0 Å². The van der Waals surface area contributed by atoms with Gasteiger partial charge in [0.2, 0.25) is 0 Å². The Bertz CT molecular complexity index is 931. The molecule has 3 aromatic carbocycles. The maximum absolute atomic E-state index is 13.3. The molecule has 0 aromatic heterocycles. The lowest BCUT2D eigenvalue weighted by Crippen LogP contribution is -2.35. The Hall–Kier alpha value is -2.00. The van der Waals surface area contributed by atoms with Crippen molar-refractivity contribution in [2.45, 2.75) is 33.6 Å². The summed E-state index contributed by atoms with van der Waals surface area (Å²) in [5.74, 6) is 0.0124. The molecule has 5 heteroatoms. The van der Waals surface area contributed by atoms with Gasteiger partial charge in [-0.15, -0.1) is 0 Å². The molecule has 3 aromatic rings. The smallest absolute Gasteiger partial charge is 0.196 e. The van der Waals surface area contributed by atoms with E-state index in [1.165, 1.54) is 0 Å². The van der Waals surface area contributed by atoms with E-state index in [4.69, 9.17) is 3.97 Å². The molecule has 3 nitrogen and oxygen atoms in total. The van der Waals surface area contributed by atoms with Crippen molar-refractivity contribution in [1.82, 2.24) is 0 Å². The van der Waals surface area contributed by atoms with Gasteiger partial charge in [-0.25, -0.2) is 0 Å². The van der Waals surface area contributed by atoms with Crippen molar-refractivity contribution in [2.24, 2.45) is 5.41 Å². The minimum Gasteiger partial charge on any atom is -0.196 e. The van der Waals surface area contributed by atoms with Crippen molar-refractivity contribution in [3.05, 3.63) is 91.0 Å². The fraction of sp³-hybridized carbons (Fsp3) is 0.280. The van der Waals surface area contributed by atoms with Gasteiger partial charge in [0.05, 0.1) is 5.75 Å². The molecule has 0 aliphatic rings. The summed E-state index contributed by atoms with van der Waals surface area (Å²) in [6.07, 6.45) is 1.40. The summed E-state index contributed by atoms with van der Waals surface area (Å²) in [6, 6.07) is 29.2. The Labute approximate surface area is 181 Å². The minimum absolute atomic E-state index is 0.0124. The SMILES string of the molecule is CC(C)(C)CCCS(=O)(=O)O[P+](c1ccccc1)(c1ccccc1)c1ccccc1. The maximum Gasteiger partial charge on any atom is 0.300 e. The molecule has 0 spiro atoms. The molecule has 0 bridgehead atoms. The second kappa shape index (κ2) is 9.43. The average Bonchev–Trinajstić information content (AvgIpc) is 2.73. The standard InChI is InChI=1S/C25H30O3PS/c1-25(2,3)20-13-21-30(26,27)28-29(22-14-7-4-8-15-22,23-16-9-5-10-17-23)24-18-11-6-12-19-24/h4-12,14-19H,13,20-21H2,1-3H3/q+1. The van der Waals surface area contributed by atoms with Crippen LogP contribution in [0.5, 0.6) is 0 Å². The molecule has 0 aliphatic carbocycles. The molecule has 0 atom stereocenters. The first kappa shape index (κ1) is 22.7. The molecule has 0 amide bonds. The summed E-state index contributed by atoms with van der Waals surface area (Å²) >= 11 is 0. The normalized spacial score (nSPS) is 12.6. The third-order valence-electron chi connectivity index (χ3n) is 4.91. The Morgan fingerprint density at radius 2 is 1.07 bits per heavy atom. The summed E-state index contributed by atoms with van der Waals surface area (Å²) in [4.78, 5) is 0. The second-order valence-electron chi connectivity index (χ2n) is 8.62. The average molecular weight is 442 g/mol. The van der Waals surface area contributed by atoms with Gasteiger partial charge in [0, 0.05) is 0 Å². The van der Waals surface area contributed by atoms with Crippen LogP contribution in [0.3, 0.4) is 0 Å². The van der Waals surface area contributed by atoms with Crippen molar-refractivity contribution < 1.29 is 12.4 Å². The van der Waals surface area contributed by atoms with Crippen molar-refractivity contribution in [2.75, 3.05) is 5.75 Å². The molecule has 3 rings (SSSR count). The van der Waals surface area contributed by atoms with Crippen molar-refractivity contribution in [3.63, 3.8) is 0 Å². The Balaban J connectivity index is 2.12. The van der Waals surface area contributed by atoms with Gasteiger partial charge in [0.25, 0.3) is 17.6 Å². The molecular formula is C25H30O3PS+. The summed E-state index contributed by atoms with van der Waals surface area (Å²) in [7, 11) is -6.60. The summed E-state index contributed by atoms with van der Waals surface area (Å²) in [6.45, 7) is 6.36. The lowest BCUT2D eigenvalue weighted by atomic mass is 9.91. The zero-order valence-electron chi connectivity index (χ0n) is 17.9. The van der Waals surface area contributed by atoms with Crippen LogP contribution in [0, 0.1) is 5.41 Å². The molecule has 0 saturated carbocycles. The van der Waals surface area contributed by atoms with Crippen LogP contribution in [-0.4, -0.2) is 14.2 Å². The number of hydrogen-bond acceptors (Lipinski definition) is 3. The molecule has 0 N–H and O–H groups in total. The third-order valence-corrected chi connectivity index (χ3v) is 10.6. The van der Waals surface area contributed by atoms with Gasteiger partial charge < -0.3 is 0 Å². The van der Waals surface area contributed by atoms with Gasteiger partial charge in [0.1, 0.15) is 15.9 Å². The molecular weight excluding hydrogens is 411 g/mol. The topological polar surface area (TPSA) is 43.4 Å². The van der Waals surface area contributed by atoms with E-state index in [0.29, 0.717) is 6.42 Å². The van der Waals surface area contributed by atoms with Gasteiger partial charge in [-0.1, -0.05) is 79.3 Å². The molecule has 0 unspecified atom stereocenters. The van der Waals surface area contributed by atoms with E-state index in [1.807, 2.05) is 91.0 Å². The molecule has 0 fully saturated rings. The van der Waals surface area contributed by atoms with Crippen LogP contribution in [0.15, 0.2) is 91.0 Å². The van der Waals surface area contributed by atoms with Crippen LogP contribution in [0.1, 0.15) is 33.6 Å². The zero-order chi connectivity index (χ0) is 21.7. The fourth-order valence-corrected chi connectivity index (χ4v) is 9.34. The molecule has 158 valence electrons. The largest absolute Gasteiger partial charge is 0.300 e. The summed E-state index contributed by atoms with van der Waals surface area (Å²) in [5.41, 5.74) is 0.0834. The Morgan fingerprint density at radius 1 is 0.700 bits per heavy atom. The van der Waals surface area contributed by atoms with Crippen molar-refractivity contribution >= 4 is 33.5 Å². The van der Waals surface area contributed by atoms with Gasteiger partial charge >= 0.3 is 0 Å². The molecule has 0 saturated heterocycles. The van der Waals surface area contributed by atoms with Crippen LogP contribution < -0.4 is 15.9 Å². The highest BCUT2D eigenvalue weighted by Gasteiger charge is 2.52. The predicted octanol–water partition coefficient (Wildman–Crippen LogP) is 5.07. The van der Waals surface area contributed by atoms with Crippen LogP contribution in [-0.2, 0) is 14.1 Å². The molecule has 0 aliphatic heterocycles. The van der Waals surface area contributed by atoms with Gasteiger partial charge in [-0.05, 0) is 54.7 Å². The first-order valence-corrected chi connectivity index (χ1v) is 13.5. The Kier molecular flexibility index (Phi) is 7.13. The highest BCUT2D eigenvalue weighted by Crippen LogP contribution is 2.57. The zero-order valence-corrected chi connectivity index (χ0v) is 19.6. The fourth-order valence-electron chi connectivity index (χ4n) is 3.48. The Morgan fingerprint density at radius 3 is 1.40 bits per heavy atom. The number of benzene rings is 3. The van der Waals surface area contributed by atoms with E-state index in [2.05, 4.69) is 20.8 Å². The third kappa shape index (κ3) is 5.57. The minimum atomic E-state index is -3.76. The number of rotatable bonds is 8. The molecule has 0 radical (unpaired) electrons. The first-order chi connectivity index (χ1) is 14.2. The van der Waals surface area contributed by atoms with E-state index >= 15 is 0 Å². The summed E-state index contributed by atoms with van der Waals surface area (Å²) in [5, 5.41) is 2.67. The van der Waals surface area contributed by atoms with E-state index in [1.54, 1.807) is 0 Å². The van der Waals surface area contributed by atoms with Gasteiger partial charge in [-0.2, -0.15) is 8.42 Å². The van der Waals surface area contributed by atoms with E-state index in [0.717, 1.165) is 22.3 Å². The molecule has 0 heterocycles. The highest BCUT2D eigenvalue weighted by molar-refractivity contribution is 8.01. The van der Waals surface area contributed by atoms with Crippen LogP contribution in [0.25, 0.3) is 0 Å². The first-order valence-electron chi connectivity index (χ1n) is 10.2. The lowest BCUT2D eigenvalue weighted by Gasteiger charge is -2.25. The summed E-state index contributed by atoms with van der Waals surface area (Å²) < 4.78 is 32.8. The van der Waals surface area contributed by atoms with Crippen LogP contribution in [0.4, 0.5) is 0 Å². The van der Waals surface area contributed by atoms with Crippen LogP contribution >= 0.6 is 7.49 Å². The van der Waals surface area contributed by atoms with Gasteiger partial charge in [-0.3, -0.25) is 0 Å². The van der Waals surface area contributed by atoms with Crippen molar-refractivity contribution in [3.8, 4) is 0 Å². The van der Waals surface area contributed by atoms with Gasteiger partial charge in [0.15, 0.2) is 0 Å². The quantitative estimate of drug-likeness (QED) is 0.459. The predicted molar refractivity (Wildman–Crippen MR) is 129 cm³/mol. The van der Waals surface area contributed by atoms with E-state index < -0.39 is 17.6 Å². The second-order valence-corrected chi connectivity index (χ2v) is 13.5. The van der Waals surface area contributed by atoms with E-state index in [-0.39, 0.29) is 11.2 Å². The highest BCUT2D eigenvalue weighted by atomic mass is 32.2. The lowest BCUT2D eigenvalue weighted by molar-refractivity contribution is 0.371. The maximum atomic E-state index is 13.3.